The van der Waals surface area contributed by atoms with Crippen molar-refractivity contribution >= 4 is 24.4 Å². The smallest absolute Gasteiger partial charge is 0.124 e. The largest absolute Gasteiger partial charge is 0.316 e. The molecule has 1 atom stereocenters. The molecule has 1 heterocycles. The van der Waals surface area contributed by atoms with Crippen molar-refractivity contribution < 1.29 is 0 Å². The highest BCUT2D eigenvalue weighted by atomic mass is 32.2. The highest BCUT2D eigenvalue weighted by Crippen LogP contribution is 2.29. The van der Waals surface area contributed by atoms with Crippen LogP contribution in [0, 0.1) is 11.3 Å². The molecule has 0 fully saturated rings. The summed E-state index contributed by atoms with van der Waals surface area (Å²) in [5.41, 5.74) is 1.88. The van der Waals surface area contributed by atoms with Gasteiger partial charge in [-0.05, 0) is 17.7 Å². The van der Waals surface area contributed by atoms with Crippen molar-refractivity contribution in [1.82, 2.24) is 9.55 Å². The van der Waals surface area contributed by atoms with Crippen LogP contribution in [-0.2, 0) is 5.75 Å². The Hall–Kier alpha value is -1.38. The number of nitrogens with zero attached hydrogens (tertiary/aromatic N) is 3. The number of thiol groups is 1. The van der Waals surface area contributed by atoms with E-state index in [1.165, 1.54) is 5.56 Å². The Labute approximate surface area is 110 Å². The van der Waals surface area contributed by atoms with Crippen molar-refractivity contribution in [3.63, 3.8) is 0 Å². The van der Waals surface area contributed by atoms with Crippen molar-refractivity contribution in [2.45, 2.75) is 10.5 Å². The molecule has 0 amide bonds. The van der Waals surface area contributed by atoms with Gasteiger partial charge in [-0.25, -0.2) is 4.98 Å². The van der Waals surface area contributed by atoms with E-state index in [-0.39, 0.29) is 4.71 Å². The molecule has 1 aromatic carbocycles. The van der Waals surface area contributed by atoms with Gasteiger partial charge in [-0.3, -0.25) is 0 Å². The lowest BCUT2D eigenvalue weighted by atomic mass is 10.2. The number of aromatic nitrogens is 2. The number of imidazole rings is 1. The number of hydrogen-bond donors (Lipinski definition) is 1. The van der Waals surface area contributed by atoms with Crippen molar-refractivity contribution in [3.05, 3.63) is 54.1 Å². The minimum atomic E-state index is 0.0631. The second-order valence-electron chi connectivity index (χ2n) is 3.46. The standard InChI is InChI=1S/C12H11N3S2/c13-7-10-1-3-11(4-2-10)8-17-12(16)15-6-5-14-9-15/h1-6,9,12,16H,8H2. The number of benzene rings is 1. The number of nitriles is 1. The van der Waals surface area contributed by atoms with Crippen molar-refractivity contribution in [3.8, 4) is 6.07 Å². The maximum absolute atomic E-state index is 8.69. The fraction of sp³-hybridized carbons (Fsp3) is 0.167. The van der Waals surface area contributed by atoms with Crippen molar-refractivity contribution in [2.24, 2.45) is 0 Å². The minimum Gasteiger partial charge on any atom is -0.316 e. The zero-order valence-corrected chi connectivity index (χ0v) is 10.7. The average Bonchev–Trinajstić information content (AvgIpc) is 2.90. The number of rotatable bonds is 4. The minimum absolute atomic E-state index is 0.0631. The molecule has 17 heavy (non-hydrogen) atoms. The molecule has 1 unspecified atom stereocenters. The molecule has 0 bridgehead atoms. The van der Waals surface area contributed by atoms with Gasteiger partial charge in [0.1, 0.15) is 4.71 Å². The van der Waals surface area contributed by atoms with Crippen molar-refractivity contribution in [2.75, 3.05) is 0 Å². The molecule has 0 spiro atoms. The molecule has 2 aromatic rings. The van der Waals surface area contributed by atoms with Crippen LogP contribution in [0.5, 0.6) is 0 Å². The van der Waals surface area contributed by atoms with Gasteiger partial charge < -0.3 is 4.57 Å². The van der Waals surface area contributed by atoms with Crippen LogP contribution in [0.25, 0.3) is 0 Å². The summed E-state index contributed by atoms with van der Waals surface area (Å²) in [5.74, 6) is 0.859. The monoisotopic (exact) mass is 261 g/mol. The average molecular weight is 261 g/mol. The summed E-state index contributed by atoms with van der Waals surface area (Å²) in [7, 11) is 0. The Morgan fingerprint density at radius 1 is 1.41 bits per heavy atom. The third-order valence-electron chi connectivity index (χ3n) is 2.26. The summed E-state index contributed by atoms with van der Waals surface area (Å²) in [6.45, 7) is 0. The highest BCUT2D eigenvalue weighted by molar-refractivity contribution is 8.08. The zero-order chi connectivity index (χ0) is 12.1. The van der Waals surface area contributed by atoms with Gasteiger partial charge >= 0.3 is 0 Å². The third kappa shape index (κ3) is 3.29. The van der Waals surface area contributed by atoms with Gasteiger partial charge in [0.25, 0.3) is 0 Å². The molecule has 0 saturated carbocycles. The van der Waals surface area contributed by atoms with Gasteiger partial charge in [0, 0.05) is 18.1 Å². The van der Waals surface area contributed by atoms with Gasteiger partial charge in [0.05, 0.1) is 18.0 Å². The first-order valence-corrected chi connectivity index (χ1v) is 6.62. The molecule has 0 saturated heterocycles. The molecule has 0 radical (unpaired) electrons. The lowest BCUT2D eigenvalue weighted by Gasteiger charge is -2.11. The highest BCUT2D eigenvalue weighted by Gasteiger charge is 2.05. The molecule has 2 rings (SSSR count). The van der Waals surface area contributed by atoms with Crippen LogP contribution >= 0.6 is 24.4 Å². The molecule has 5 heteroatoms. The maximum Gasteiger partial charge on any atom is 0.124 e. The van der Waals surface area contributed by atoms with Crippen LogP contribution in [0.1, 0.15) is 15.8 Å². The molecule has 0 aliphatic carbocycles. The van der Waals surface area contributed by atoms with Crippen LogP contribution in [0.4, 0.5) is 0 Å². The summed E-state index contributed by atoms with van der Waals surface area (Å²) < 4.78 is 2.00. The Kier molecular flexibility index (Phi) is 4.13. The predicted molar refractivity (Wildman–Crippen MR) is 72.7 cm³/mol. The summed E-state index contributed by atoms with van der Waals surface area (Å²) in [4.78, 5) is 3.99. The molecular formula is C12H11N3S2. The molecule has 0 aliphatic rings. The molecule has 1 aromatic heterocycles. The molecule has 3 nitrogen and oxygen atoms in total. The SMILES string of the molecule is N#Cc1ccc(CSC(S)n2ccnc2)cc1. The first-order valence-electron chi connectivity index (χ1n) is 5.06. The van der Waals surface area contributed by atoms with E-state index in [0.29, 0.717) is 5.56 Å². The van der Waals surface area contributed by atoms with Crippen LogP contribution < -0.4 is 0 Å². The van der Waals surface area contributed by atoms with Crippen LogP contribution in [0.3, 0.4) is 0 Å². The van der Waals surface area contributed by atoms with Crippen LogP contribution in [0.15, 0.2) is 43.0 Å². The number of hydrogen-bond acceptors (Lipinski definition) is 4. The molecule has 86 valence electrons. The molecule has 0 N–H and O–H groups in total. The van der Waals surface area contributed by atoms with E-state index in [9.17, 15) is 0 Å². The Balaban J connectivity index is 1.91. The quantitative estimate of drug-likeness (QED) is 0.679. The van der Waals surface area contributed by atoms with Crippen LogP contribution in [0.2, 0.25) is 0 Å². The van der Waals surface area contributed by atoms with E-state index in [1.54, 1.807) is 24.3 Å². The van der Waals surface area contributed by atoms with E-state index in [2.05, 4.69) is 23.7 Å². The summed E-state index contributed by atoms with van der Waals surface area (Å²) >= 11 is 6.19. The second kappa shape index (κ2) is 5.80. The fourth-order valence-electron chi connectivity index (χ4n) is 1.33. The summed E-state index contributed by atoms with van der Waals surface area (Å²) in [6, 6.07) is 9.72. The van der Waals surface area contributed by atoms with Gasteiger partial charge in [-0.1, -0.05) is 12.1 Å². The van der Waals surface area contributed by atoms with E-state index >= 15 is 0 Å². The van der Waals surface area contributed by atoms with E-state index < -0.39 is 0 Å². The first-order chi connectivity index (χ1) is 8.29. The van der Waals surface area contributed by atoms with E-state index in [0.717, 1.165) is 5.75 Å². The Bertz CT molecular complexity index is 500. The topological polar surface area (TPSA) is 41.6 Å². The zero-order valence-electron chi connectivity index (χ0n) is 9.02. The van der Waals surface area contributed by atoms with E-state index in [4.69, 9.17) is 5.26 Å². The van der Waals surface area contributed by atoms with Gasteiger partial charge in [-0.2, -0.15) is 5.26 Å². The van der Waals surface area contributed by atoms with Crippen LogP contribution in [-0.4, -0.2) is 9.55 Å². The second-order valence-corrected chi connectivity index (χ2v) is 5.36. The fourth-order valence-corrected chi connectivity index (χ4v) is 2.52. The molecular weight excluding hydrogens is 250 g/mol. The van der Waals surface area contributed by atoms with Gasteiger partial charge in [-0.15, -0.1) is 24.4 Å². The number of thioether (sulfide) groups is 1. The van der Waals surface area contributed by atoms with Gasteiger partial charge in [0.15, 0.2) is 0 Å². The maximum atomic E-state index is 8.69. The van der Waals surface area contributed by atoms with E-state index in [1.807, 2.05) is 35.0 Å². The third-order valence-corrected chi connectivity index (χ3v) is 4.02. The Morgan fingerprint density at radius 2 is 2.18 bits per heavy atom. The first kappa shape index (κ1) is 12.1. The predicted octanol–water partition coefficient (Wildman–Crippen LogP) is 3.07. The lowest BCUT2D eigenvalue weighted by molar-refractivity contribution is 0.874. The normalized spacial score (nSPS) is 12.0. The Morgan fingerprint density at radius 3 is 2.76 bits per heavy atom. The summed E-state index contributed by atoms with van der Waals surface area (Å²) in [6.07, 6.45) is 5.39. The van der Waals surface area contributed by atoms with Gasteiger partial charge in [0.2, 0.25) is 0 Å². The summed E-state index contributed by atoms with van der Waals surface area (Å²) in [5, 5.41) is 8.69. The lowest BCUT2D eigenvalue weighted by Crippen LogP contribution is -1.95. The van der Waals surface area contributed by atoms with Crippen molar-refractivity contribution in [1.29, 1.82) is 5.26 Å². The molecule has 0 aliphatic heterocycles.